The van der Waals surface area contributed by atoms with Gasteiger partial charge in [-0.1, -0.05) is 36.4 Å². The molecule has 4 nitrogen and oxygen atoms in total. The fourth-order valence-corrected chi connectivity index (χ4v) is 4.59. The predicted octanol–water partition coefficient (Wildman–Crippen LogP) is 3.97. The zero-order valence-corrected chi connectivity index (χ0v) is 16.6. The molecule has 1 aliphatic heterocycles. The summed E-state index contributed by atoms with van der Waals surface area (Å²) in [7, 11) is -3.24. The van der Waals surface area contributed by atoms with Crippen LogP contribution >= 0.6 is 0 Å². The molecule has 27 heavy (non-hydrogen) atoms. The number of benzene rings is 2. The molecule has 1 atom stereocenters. The van der Waals surface area contributed by atoms with Crippen LogP contribution in [0.3, 0.4) is 0 Å². The van der Waals surface area contributed by atoms with Crippen molar-refractivity contribution in [2.45, 2.75) is 39.2 Å². The highest BCUT2D eigenvalue weighted by molar-refractivity contribution is 7.94. The number of sulfone groups is 1. The van der Waals surface area contributed by atoms with Crippen molar-refractivity contribution in [3.8, 4) is 0 Å². The Morgan fingerprint density at radius 1 is 1.07 bits per heavy atom. The fraction of sp³-hybridized carbons (Fsp3) is 0.318. The van der Waals surface area contributed by atoms with Gasteiger partial charge in [0.05, 0.1) is 11.8 Å². The molecule has 0 spiro atoms. The lowest BCUT2D eigenvalue weighted by molar-refractivity contribution is -0.118. The van der Waals surface area contributed by atoms with E-state index in [0.717, 1.165) is 29.7 Å². The number of anilines is 1. The van der Waals surface area contributed by atoms with E-state index < -0.39 is 15.9 Å². The van der Waals surface area contributed by atoms with Crippen molar-refractivity contribution in [1.82, 2.24) is 0 Å². The number of hydrogen-bond donors (Lipinski definition) is 0. The molecule has 5 heteroatoms. The summed E-state index contributed by atoms with van der Waals surface area (Å²) in [6.45, 7) is 4.02. The van der Waals surface area contributed by atoms with E-state index in [1.165, 1.54) is 11.0 Å². The second-order valence-electron chi connectivity index (χ2n) is 7.10. The summed E-state index contributed by atoms with van der Waals surface area (Å²) >= 11 is 0. The van der Waals surface area contributed by atoms with Crippen LogP contribution < -0.4 is 4.90 Å². The zero-order valence-electron chi connectivity index (χ0n) is 15.8. The minimum atomic E-state index is -3.24. The number of rotatable bonds is 6. The van der Waals surface area contributed by atoms with Gasteiger partial charge in [0.15, 0.2) is 9.84 Å². The molecule has 142 valence electrons. The van der Waals surface area contributed by atoms with Gasteiger partial charge in [0, 0.05) is 17.5 Å². The lowest BCUT2D eigenvalue weighted by Crippen LogP contribution is -2.41. The monoisotopic (exact) mass is 383 g/mol. The van der Waals surface area contributed by atoms with Gasteiger partial charge in [0.2, 0.25) is 5.91 Å². The summed E-state index contributed by atoms with van der Waals surface area (Å²) in [5, 5.41) is 1.23. The number of carbonyl (C=O) groups is 1. The van der Waals surface area contributed by atoms with E-state index in [2.05, 4.69) is 12.1 Å². The normalized spacial score (nSPS) is 17.8. The van der Waals surface area contributed by atoms with E-state index in [0.29, 0.717) is 6.42 Å². The third-order valence-corrected chi connectivity index (χ3v) is 6.36. The van der Waals surface area contributed by atoms with Crippen molar-refractivity contribution in [3.05, 3.63) is 76.7 Å². The molecule has 0 aliphatic carbocycles. The molecule has 0 saturated heterocycles. The Morgan fingerprint density at radius 3 is 2.44 bits per heavy atom. The van der Waals surface area contributed by atoms with E-state index in [9.17, 15) is 13.2 Å². The summed E-state index contributed by atoms with van der Waals surface area (Å²) in [6.07, 6.45) is 3.56. The number of carbonyl (C=O) groups excluding carboxylic acids is 1. The van der Waals surface area contributed by atoms with E-state index >= 15 is 0 Å². The van der Waals surface area contributed by atoms with Crippen LogP contribution in [0.2, 0.25) is 0 Å². The largest absolute Gasteiger partial charge is 0.304 e. The fourth-order valence-electron chi connectivity index (χ4n) is 3.32. The van der Waals surface area contributed by atoms with Crippen LogP contribution in [0, 0.1) is 13.8 Å². The minimum absolute atomic E-state index is 0.0408. The number of amides is 1. The lowest BCUT2D eigenvalue weighted by atomic mass is 10.1. The van der Waals surface area contributed by atoms with Crippen molar-refractivity contribution < 1.29 is 13.2 Å². The molecule has 0 radical (unpaired) electrons. The van der Waals surface area contributed by atoms with Crippen LogP contribution in [0.5, 0.6) is 0 Å². The average Bonchev–Trinajstić information content (AvgIpc) is 2.98. The standard InChI is InChI=1S/C22H25NO3S/c1-17-11-12-20(15-18(17)2)23(21-13-14-27(25,26)16-21)22(24)10-6-9-19-7-4-3-5-8-19/h3-5,7-8,11-15,21H,6,9-10,16H2,1-2H3/t21-/m1/s1. The van der Waals surface area contributed by atoms with Gasteiger partial charge >= 0.3 is 0 Å². The zero-order chi connectivity index (χ0) is 19.4. The molecule has 3 rings (SSSR count). The summed E-state index contributed by atoms with van der Waals surface area (Å²) in [6, 6.07) is 15.5. The molecule has 0 saturated carbocycles. The Bertz CT molecular complexity index is 949. The second-order valence-corrected chi connectivity index (χ2v) is 9.03. The van der Waals surface area contributed by atoms with E-state index in [1.54, 1.807) is 11.0 Å². The van der Waals surface area contributed by atoms with Crippen molar-refractivity contribution >= 4 is 21.4 Å². The van der Waals surface area contributed by atoms with Gasteiger partial charge in [-0.3, -0.25) is 4.79 Å². The minimum Gasteiger partial charge on any atom is -0.304 e. The summed E-state index contributed by atoms with van der Waals surface area (Å²) in [5.74, 6) is -0.0920. The first kappa shape index (κ1) is 19.4. The smallest absolute Gasteiger partial charge is 0.227 e. The molecule has 1 aliphatic rings. The number of aryl methyl sites for hydroxylation is 3. The molecule has 1 amide bonds. The molecular weight excluding hydrogens is 358 g/mol. The third kappa shape index (κ3) is 4.86. The van der Waals surface area contributed by atoms with Crippen LogP contribution in [0.25, 0.3) is 0 Å². The Hall–Kier alpha value is -2.40. The van der Waals surface area contributed by atoms with Crippen LogP contribution in [0.1, 0.15) is 29.5 Å². The maximum atomic E-state index is 13.0. The lowest BCUT2D eigenvalue weighted by Gasteiger charge is -2.28. The highest BCUT2D eigenvalue weighted by Gasteiger charge is 2.31. The quantitative estimate of drug-likeness (QED) is 0.758. The number of hydrogen-bond acceptors (Lipinski definition) is 3. The van der Waals surface area contributed by atoms with E-state index in [4.69, 9.17) is 0 Å². The Kier molecular flexibility index (Phi) is 5.80. The summed E-state index contributed by atoms with van der Waals surface area (Å²) in [5.41, 5.74) is 4.19. The van der Waals surface area contributed by atoms with E-state index in [-0.39, 0.29) is 11.7 Å². The molecule has 0 fully saturated rings. The molecule has 0 bridgehead atoms. The van der Waals surface area contributed by atoms with Crippen LogP contribution in [-0.4, -0.2) is 26.1 Å². The Labute approximate surface area is 161 Å². The molecule has 2 aromatic carbocycles. The highest BCUT2D eigenvalue weighted by Crippen LogP contribution is 2.26. The molecule has 0 aromatic heterocycles. The Balaban J connectivity index is 1.77. The van der Waals surface area contributed by atoms with Crippen molar-refractivity contribution in [2.24, 2.45) is 0 Å². The first-order valence-electron chi connectivity index (χ1n) is 9.20. The van der Waals surface area contributed by atoms with Gasteiger partial charge in [-0.2, -0.15) is 0 Å². The van der Waals surface area contributed by atoms with Gasteiger partial charge in [-0.05, 0) is 61.6 Å². The maximum Gasteiger partial charge on any atom is 0.227 e. The topological polar surface area (TPSA) is 54.5 Å². The maximum absolute atomic E-state index is 13.0. The van der Waals surface area contributed by atoms with Crippen LogP contribution in [0.4, 0.5) is 5.69 Å². The van der Waals surface area contributed by atoms with Gasteiger partial charge in [0.25, 0.3) is 0 Å². The summed E-state index contributed by atoms with van der Waals surface area (Å²) < 4.78 is 23.8. The molecular formula is C22H25NO3S. The molecule has 2 aromatic rings. The SMILES string of the molecule is Cc1ccc(N(C(=O)CCCc2ccccc2)[C@@H]2C=CS(=O)(=O)C2)cc1C. The first-order chi connectivity index (χ1) is 12.9. The van der Waals surface area contributed by atoms with Crippen molar-refractivity contribution in [3.63, 3.8) is 0 Å². The highest BCUT2D eigenvalue weighted by atomic mass is 32.2. The third-order valence-electron chi connectivity index (χ3n) is 4.98. The van der Waals surface area contributed by atoms with Crippen molar-refractivity contribution in [1.29, 1.82) is 0 Å². The molecule has 0 unspecified atom stereocenters. The van der Waals surface area contributed by atoms with Crippen LogP contribution in [0.15, 0.2) is 60.0 Å². The first-order valence-corrected chi connectivity index (χ1v) is 10.9. The van der Waals surface area contributed by atoms with Gasteiger partial charge in [-0.25, -0.2) is 8.42 Å². The van der Waals surface area contributed by atoms with Gasteiger partial charge in [-0.15, -0.1) is 0 Å². The number of nitrogens with zero attached hydrogens (tertiary/aromatic N) is 1. The van der Waals surface area contributed by atoms with Gasteiger partial charge < -0.3 is 4.90 Å². The van der Waals surface area contributed by atoms with Crippen molar-refractivity contribution in [2.75, 3.05) is 10.7 Å². The summed E-state index contributed by atoms with van der Waals surface area (Å²) in [4.78, 5) is 14.7. The van der Waals surface area contributed by atoms with E-state index in [1.807, 2.05) is 50.2 Å². The van der Waals surface area contributed by atoms with Crippen LogP contribution in [-0.2, 0) is 21.1 Å². The second kappa shape index (κ2) is 8.09. The average molecular weight is 384 g/mol. The Morgan fingerprint density at radius 2 is 1.81 bits per heavy atom. The predicted molar refractivity (Wildman–Crippen MR) is 109 cm³/mol. The van der Waals surface area contributed by atoms with Gasteiger partial charge in [0.1, 0.15) is 0 Å². The molecule has 1 heterocycles. The molecule has 0 N–H and O–H groups in total.